The molecule has 0 radical (unpaired) electrons. The van der Waals surface area contributed by atoms with Crippen molar-refractivity contribution in [2.75, 3.05) is 18.4 Å². The van der Waals surface area contributed by atoms with E-state index in [0.717, 1.165) is 10.4 Å². The third kappa shape index (κ3) is 3.80. The molecule has 0 aliphatic rings. The predicted octanol–water partition coefficient (Wildman–Crippen LogP) is 3.52. The molecule has 1 heterocycles. The van der Waals surface area contributed by atoms with Gasteiger partial charge in [0.25, 0.3) is 5.91 Å². The number of carbonyl (C=O) groups excluding carboxylic acids is 1. The lowest BCUT2D eigenvalue weighted by atomic mass is 10.2. The van der Waals surface area contributed by atoms with E-state index >= 15 is 0 Å². The van der Waals surface area contributed by atoms with Gasteiger partial charge in [-0.15, -0.1) is 11.3 Å². The van der Waals surface area contributed by atoms with Gasteiger partial charge in [0.05, 0.1) is 10.5 Å². The Hall–Kier alpha value is -2.21. The SMILES string of the molecule is CCN(CC)S(=O)(=O)c1ccc(C(=O)Nc2sc(C)c(C)c2C#N)cc1. The molecule has 8 heteroatoms. The largest absolute Gasteiger partial charge is 0.312 e. The van der Waals surface area contributed by atoms with Gasteiger partial charge >= 0.3 is 0 Å². The summed E-state index contributed by atoms with van der Waals surface area (Å²) in [5.74, 6) is -0.380. The van der Waals surface area contributed by atoms with Crippen LogP contribution in [0.1, 0.15) is 40.2 Å². The van der Waals surface area contributed by atoms with Crippen molar-refractivity contribution < 1.29 is 13.2 Å². The highest BCUT2D eigenvalue weighted by Gasteiger charge is 2.22. The molecule has 0 fully saturated rings. The molecule has 0 saturated carbocycles. The molecule has 26 heavy (non-hydrogen) atoms. The number of amides is 1. The van der Waals surface area contributed by atoms with Crippen LogP contribution in [0.3, 0.4) is 0 Å². The number of nitrogens with one attached hydrogen (secondary N) is 1. The average Bonchev–Trinajstić information content (AvgIpc) is 2.89. The van der Waals surface area contributed by atoms with Crippen LogP contribution in [0.15, 0.2) is 29.2 Å². The van der Waals surface area contributed by atoms with Crippen LogP contribution in [0.4, 0.5) is 5.00 Å². The van der Waals surface area contributed by atoms with Crippen molar-refractivity contribution in [1.29, 1.82) is 5.26 Å². The summed E-state index contributed by atoms with van der Waals surface area (Å²) in [5.41, 5.74) is 1.64. The Bertz CT molecular complexity index is 951. The fourth-order valence-corrected chi connectivity index (χ4v) is 4.98. The van der Waals surface area contributed by atoms with E-state index in [9.17, 15) is 18.5 Å². The number of rotatable bonds is 6. The normalized spacial score (nSPS) is 11.4. The van der Waals surface area contributed by atoms with Gasteiger partial charge in [-0.25, -0.2) is 8.42 Å². The molecule has 0 atom stereocenters. The topological polar surface area (TPSA) is 90.3 Å². The molecule has 6 nitrogen and oxygen atoms in total. The molecule has 1 aromatic heterocycles. The van der Waals surface area contributed by atoms with Crippen molar-refractivity contribution in [3.05, 3.63) is 45.8 Å². The van der Waals surface area contributed by atoms with Crippen LogP contribution >= 0.6 is 11.3 Å². The second-order valence-corrected chi connectivity index (χ2v) is 8.83. The molecule has 0 aliphatic heterocycles. The second kappa shape index (κ2) is 7.99. The summed E-state index contributed by atoms with van der Waals surface area (Å²) in [4.78, 5) is 13.6. The molecular weight excluding hydrogens is 370 g/mol. The van der Waals surface area contributed by atoms with Crippen molar-refractivity contribution in [3.63, 3.8) is 0 Å². The smallest absolute Gasteiger partial charge is 0.256 e. The second-order valence-electron chi connectivity index (χ2n) is 5.67. The number of sulfonamides is 1. The zero-order valence-electron chi connectivity index (χ0n) is 15.2. The van der Waals surface area contributed by atoms with Crippen LogP contribution in [0.5, 0.6) is 0 Å². The summed E-state index contributed by atoms with van der Waals surface area (Å²) < 4.78 is 26.3. The minimum absolute atomic E-state index is 0.151. The quantitative estimate of drug-likeness (QED) is 0.816. The molecular formula is C18H21N3O3S2. The van der Waals surface area contributed by atoms with E-state index in [0.29, 0.717) is 29.2 Å². The van der Waals surface area contributed by atoms with Crippen LogP contribution in [-0.4, -0.2) is 31.7 Å². The van der Waals surface area contributed by atoms with Gasteiger partial charge in [-0.3, -0.25) is 4.79 Å². The molecule has 0 spiro atoms. The number of hydrogen-bond acceptors (Lipinski definition) is 5. The monoisotopic (exact) mass is 391 g/mol. The van der Waals surface area contributed by atoms with Crippen LogP contribution < -0.4 is 5.32 Å². The van der Waals surface area contributed by atoms with Gasteiger partial charge < -0.3 is 5.32 Å². The number of nitriles is 1. The molecule has 138 valence electrons. The summed E-state index contributed by atoms with van der Waals surface area (Å²) in [6.45, 7) is 8.06. The number of thiophene rings is 1. The van der Waals surface area contributed by atoms with Gasteiger partial charge in [-0.1, -0.05) is 13.8 Å². The highest BCUT2D eigenvalue weighted by atomic mass is 32.2. The van der Waals surface area contributed by atoms with E-state index < -0.39 is 10.0 Å². The number of benzene rings is 1. The number of aryl methyl sites for hydroxylation is 1. The average molecular weight is 392 g/mol. The molecule has 1 amide bonds. The Balaban J connectivity index is 2.25. The number of nitrogens with zero attached hydrogens (tertiary/aromatic N) is 2. The number of anilines is 1. The minimum Gasteiger partial charge on any atom is -0.312 e. The zero-order chi connectivity index (χ0) is 19.5. The highest BCUT2D eigenvalue weighted by Crippen LogP contribution is 2.32. The number of carbonyl (C=O) groups is 1. The van der Waals surface area contributed by atoms with Gasteiger partial charge in [0.1, 0.15) is 11.1 Å². The molecule has 0 bridgehead atoms. The summed E-state index contributed by atoms with van der Waals surface area (Å²) in [5, 5.41) is 12.5. The lowest BCUT2D eigenvalue weighted by Crippen LogP contribution is -2.30. The summed E-state index contributed by atoms with van der Waals surface area (Å²) >= 11 is 1.35. The molecule has 2 rings (SSSR count). The minimum atomic E-state index is -3.55. The predicted molar refractivity (Wildman–Crippen MR) is 103 cm³/mol. The van der Waals surface area contributed by atoms with Gasteiger partial charge in [-0.05, 0) is 43.7 Å². The first-order valence-corrected chi connectivity index (χ1v) is 10.4. The molecule has 0 unspecified atom stereocenters. The van der Waals surface area contributed by atoms with E-state index in [1.807, 2.05) is 13.8 Å². The fourth-order valence-electron chi connectivity index (χ4n) is 2.52. The third-order valence-corrected chi connectivity index (χ3v) is 7.37. The lowest BCUT2D eigenvalue weighted by Gasteiger charge is -2.18. The van der Waals surface area contributed by atoms with Crippen LogP contribution in [0.2, 0.25) is 0 Å². The first kappa shape index (κ1) is 20.1. The first-order chi connectivity index (χ1) is 12.3. The summed E-state index contributed by atoms with van der Waals surface area (Å²) in [6.07, 6.45) is 0. The van der Waals surface area contributed by atoms with Gasteiger partial charge in [0.15, 0.2) is 0 Å². The van der Waals surface area contributed by atoms with Crippen molar-refractivity contribution in [2.24, 2.45) is 0 Å². The molecule has 2 aromatic rings. The maximum atomic E-state index is 12.5. The van der Waals surface area contributed by atoms with E-state index in [-0.39, 0.29) is 10.8 Å². The molecule has 1 aromatic carbocycles. The van der Waals surface area contributed by atoms with Gasteiger partial charge in [-0.2, -0.15) is 9.57 Å². The Morgan fingerprint density at radius 2 is 1.77 bits per heavy atom. The van der Waals surface area contributed by atoms with E-state index in [1.54, 1.807) is 13.8 Å². The Labute approximate surface area is 158 Å². The Morgan fingerprint density at radius 3 is 2.27 bits per heavy atom. The van der Waals surface area contributed by atoms with E-state index in [4.69, 9.17) is 0 Å². The van der Waals surface area contributed by atoms with Crippen molar-refractivity contribution in [1.82, 2.24) is 4.31 Å². The molecule has 0 aliphatic carbocycles. The van der Waals surface area contributed by atoms with Crippen molar-refractivity contribution in [2.45, 2.75) is 32.6 Å². The summed E-state index contributed by atoms with van der Waals surface area (Å²) in [6, 6.07) is 7.92. The number of hydrogen-bond donors (Lipinski definition) is 1. The standard InChI is InChI=1S/C18H21N3O3S2/c1-5-21(6-2)26(23,24)15-9-7-14(8-10-15)17(22)20-18-16(11-19)12(3)13(4)25-18/h7-10H,5-6H2,1-4H3,(H,20,22). The fraction of sp³-hybridized carbons (Fsp3) is 0.333. The highest BCUT2D eigenvalue weighted by molar-refractivity contribution is 7.89. The lowest BCUT2D eigenvalue weighted by molar-refractivity contribution is 0.102. The maximum absolute atomic E-state index is 12.5. The van der Waals surface area contributed by atoms with Crippen LogP contribution in [-0.2, 0) is 10.0 Å². The summed E-state index contributed by atoms with van der Waals surface area (Å²) in [7, 11) is -3.55. The first-order valence-electron chi connectivity index (χ1n) is 8.17. The van der Waals surface area contributed by atoms with Crippen LogP contribution in [0, 0.1) is 25.2 Å². The van der Waals surface area contributed by atoms with Crippen molar-refractivity contribution in [3.8, 4) is 6.07 Å². The molecule has 1 N–H and O–H groups in total. The molecule has 0 saturated heterocycles. The van der Waals surface area contributed by atoms with E-state index in [1.165, 1.54) is 39.9 Å². The van der Waals surface area contributed by atoms with E-state index in [2.05, 4.69) is 11.4 Å². The third-order valence-electron chi connectivity index (χ3n) is 4.18. The Morgan fingerprint density at radius 1 is 1.19 bits per heavy atom. The van der Waals surface area contributed by atoms with Crippen molar-refractivity contribution >= 4 is 32.3 Å². The maximum Gasteiger partial charge on any atom is 0.256 e. The van der Waals surface area contributed by atoms with Gasteiger partial charge in [0, 0.05) is 23.5 Å². The zero-order valence-corrected chi connectivity index (χ0v) is 16.8. The van der Waals surface area contributed by atoms with Crippen LogP contribution in [0.25, 0.3) is 0 Å². The van der Waals surface area contributed by atoms with Gasteiger partial charge in [0.2, 0.25) is 10.0 Å². The Kier molecular flexibility index (Phi) is 6.18.